The topological polar surface area (TPSA) is 64.5 Å². The Morgan fingerprint density at radius 1 is 1.33 bits per heavy atom. The van der Waals surface area contributed by atoms with Crippen LogP contribution in [0, 0.1) is 0 Å². The van der Waals surface area contributed by atoms with E-state index >= 15 is 0 Å². The van der Waals surface area contributed by atoms with Crippen LogP contribution >= 0.6 is 0 Å². The van der Waals surface area contributed by atoms with Gasteiger partial charge in [-0.05, 0) is 17.1 Å². The van der Waals surface area contributed by atoms with Gasteiger partial charge in [0.1, 0.15) is 0 Å². The average molecular weight is 164 g/mol. The average Bonchev–Trinajstić information content (AvgIpc) is 2.49. The Balaban J connectivity index is 2.39. The molecule has 0 aromatic heterocycles. The van der Waals surface area contributed by atoms with E-state index in [-0.39, 0.29) is 0 Å². The number of fused-ring (bicyclic) bond motifs is 1. The molecule has 0 unspecified atom stereocenters. The van der Waals surface area contributed by atoms with Crippen LogP contribution in [0.3, 0.4) is 0 Å². The number of nitrogens with one attached hydrogen (secondary N) is 2. The van der Waals surface area contributed by atoms with Crippen molar-refractivity contribution in [2.75, 3.05) is 5.43 Å². The van der Waals surface area contributed by atoms with E-state index in [1.54, 1.807) is 12.1 Å². The summed E-state index contributed by atoms with van der Waals surface area (Å²) in [7, 11) is -1.39. The number of hydrazine groups is 1. The van der Waals surface area contributed by atoms with Gasteiger partial charge in [0.2, 0.25) is 0 Å². The molecule has 0 radical (unpaired) electrons. The highest BCUT2D eigenvalue weighted by Crippen LogP contribution is 2.16. The molecular weight excluding hydrogens is 155 g/mol. The molecule has 62 valence electrons. The van der Waals surface area contributed by atoms with Crippen molar-refractivity contribution in [3.63, 3.8) is 0 Å². The van der Waals surface area contributed by atoms with Crippen LogP contribution < -0.4 is 16.3 Å². The molecule has 0 bridgehead atoms. The Hall–Kier alpha value is -1.04. The predicted octanol–water partition coefficient (Wildman–Crippen LogP) is -1.20. The second-order valence-corrected chi connectivity index (χ2v) is 2.77. The Bertz CT molecular complexity index is 303. The molecule has 0 fully saturated rings. The number of hydrogen-bond acceptors (Lipinski definition) is 4. The summed E-state index contributed by atoms with van der Waals surface area (Å²) in [6, 6.07) is 5.30. The molecule has 4 nitrogen and oxygen atoms in total. The maximum Gasteiger partial charge on any atom is 0.488 e. The minimum absolute atomic E-state index is 0.505. The van der Waals surface area contributed by atoms with Gasteiger partial charge in [0.25, 0.3) is 0 Å². The van der Waals surface area contributed by atoms with Gasteiger partial charge in [-0.25, -0.2) is 5.43 Å². The van der Waals surface area contributed by atoms with Crippen LogP contribution in [0.5, 0.6) is 0 Å². The summed E-state index contributed by atoms with van der Waals surface area (Å²) in [5.41, 5.74) is 8.42. The Labute approximate surface area is 70.3 Å². The highest BCUT2D eigenvalue weighted by atomic mass is 16.4. The van der Waals surface area contributed by atoms with Crippen LogP contribution in [0.1, 0.15) is 5.56 Å². The van der Waals surface area contributed by atoms with Crippen LogP contribution in [-0.2, 0) is 6.54 Å². The first-order chi connectivity index (χ1) is 5.77. The lowest BCUT2D eigenvalue weighted by Crippen LogP contribution is -2.29. The zero-order chi connectivity index (χ0) is 8.55. The second-order valence-electron chi connectivity index (χ2n) is 2.77. The highest BCUT2D eigenvalue weighted by molar-refractivity contribution is 6.58. The first-order valence-electron chi connectivity index (χ1n) is 3.75. The minimum atomic E-state index is -1.39. The molecule has 0 amide bonds. The maximum atomic E-state index is 8.86. The quantitative estimate of drug-likeness (QED) is 0.393. The standard InChI is InChI=1S/C7H9BN2O2/c11-8(12)6-2-1-5-4-9-10-7(5)3-6/h1-3,9-12H,4H2. The molecule has 1 aliphatic heterocycles. The lowest BCUT2D eigenvalue weighted by atomic mass is 9.80. The van der Waals surface area contributed by atoms with E-state index < -0.39 is 7.12 Å². The van der Waals surface area contributed by atoms with Crippen molar-refractivity contribution >= 4 is 18.3 Å². The first kappa shape index (κ1) is 7.61. The third kappa shape index (κ3) is 1.18. The number of hydrogen-bond donors (Lipinski definition) is 4. The molecule has 1 heterocycles. The molecule has 4 N–H and O–H groups in total. The largest absolute Gasteiger partial charge is 0.488 e. The predicted molar refractivity (Wildman–Crippen MR) is 46.7 cm³/mol. The van der Waals surface area contributed by atoms with E-state index in [0.29, 0.717) is 5.46 Å². The lowest BCUT2D eigenvalue weighted by molar-refractivity contribution is 0.426. The van der Waals surface area contributed by atoms with Gasteiger partial charge in [0, 0.05) is 6.54 Å². The fraction of sp³-hybridized carbons (Fsp3) is 0.143. The van der Waals surface area contributed by atoms with Gasteiger partial charge in [-0.1, -0.05) is 12.1 Å². The van der Waals surface area contributed by atoms with Crippen LogP contribution in [0.25, 0.3) is 0 Å². The Morgan fingerprint density at radius 3 is 2.92 bits per heavy atom. The van der Waals surface area contributed by atoms with Gasteiger partial charge in [-0.2, -0.15) is 0 Å². The molecule has 1 aromatic carbocycles. The van der Waals surface area contributed by atoms with E-state index in [1.807, 2.05) is 6.07 Å². The summed E-state index contributed by atoms with van der Waals surface area (Å²) < 4.78 is 0. The molecule has 5 heteroatoms. The van der Waals surface area contributed by atoms with Crippen molar-refractivity contribution in [2.24, 2.45) is 0 Å². The van der Waals surface area contributed by atoms with Crippen molar-refractivity contribution in [1.29, 1.82) is 0 Å². The van der Waals surface area contributed by atoms with Crippen molar-refractivity contribution in [3.8, 4) is 0 Å². The van der Waals surface area contributed by atoms with E-state index in [9.17, 15) is 0 Å². The SMILES string of the molecule is OB(O)c1ccc2c(c1)NNC2. The molecule has 0 saturated heterocycles. The first-order valence-corrected chi connectivity index (χ1v) is 3.75. The van der Waals surface area contributed by atoms with E-state index in [0.717, 1.165) is 17.8 Å². The second kappa shape index (κ2) is 2.78. The smallest absolute Gasteiger partial charge is 0.423 e. The van der Waals surface area contributed by atoms with Crippen molar-refractivity contribution < 1.29 is 10.0 Å². The van der Waals surface area contributed by atoms with Gasteiger partial charge in [0.15, 0.2) is 0 Å². The summed E-state index contributed by atoms with van der Waals surface area (Å²) in [6.45, 7) is 0.775. The van der Waals surface area contributed by atoms with Crippen LogP contribution in [0.15, 0.2) is 18.2 Å². The molecule has 2 rings (SSSR count). The van der Waals surface area contributed by atoms with E-state index in [1.165, 1.54) is 0 Å². The van der Waals surface area contributed by atoms with Crippen molar-refractivity contribution in [2.45, 2.75) is 6.54 Å². The normalized spacial score (nSPS) is 13.8. The van der Waals surface area contributed by atoms with Gasteiger partial charge in [-0.3, -0.25) is 0 Å². The molecule has 0 aliphatic carbocycles. The highest BCUT2D eigenvalue weighted by Gasteiger charge is 2.15. The van der Waals surface area contributed by atoms with Crippen molar-refractivity contribution in [1.82, 2.24) is 5.43 Å². The fourth-order valence-electron chi connectivity index (χ4n) is 1.26. The molecular formula is C7H9BN2O2. The molecule has 0 spiro atoms. The van der Waals surface area contributed by atoms with Gasteiger partial charge in [0.05, 0.1) is 5.69 Å². The van der Waals surface area contributed by atoms with Gasteiger partial charge < -0.3 is 15.5 Å². The number of anilines is 1. The van der Waals surface area contributed by atoms with Crippen LogP contribution in [0.4, 0.5) is 5.69 Å². The zero-order valence-corrected chi connectivity index (χ0v) is 6.41. The molecule has 12 heavy (non-hydrogen) atoms. The maximum absolute atomic E-state index is 8.86. The molecule has 1 aromatic rings. The number of rotatable bonds is 1. The lowest BCUT2D eigenvalue weighted by Gasteiger charge is -2.02. The fourth-order valence-corrected chi connectivity index (χ4v) is 1.26. The third-order valence-corrected chi connectivity index (χ3v) is 1.93. The van der Waals surface area contributed by atoms with Gasteiger partial charge in [-0.15, -0.1) is 0 Å². The van der Waals surface area contributed by atoms with Crippen molar-refractivity contribution in [3.05, 3.63) is 23.8 Å². The molecule has 0 saturated carbocycles. The van der Waals surface area contributed by atoms with Crippen LogP contribution in [0.2, 0.25) is 0 Å². The van der Waals surface area contributed by atoms with Gasteiger partial charge >= 0.3 is 7.12 Å². The summed E-state index contributed by atoms with van der Waals surface area (Å²) in [4.78, 5) is 0. The third-order valence-electron chi connectivity index (χ3n) is 1.93. The van der Waals surface area contributed by atoms with Crippen LogP contribution in [-0.4, -0.2) is 17.2 Å². The minimum Gasteiger partial charge on any atom is -0.423 e. The summed E-state index contributed by atoms with van der Waals surface area (Å²) in [5, 5.41) is 17.7. The monoisotopic (exact) mass is 164 g/mol. The molecule has 0 atom stereocenters. The molecule has 1 aliphatic rings. The zero-order valence-electron chi connectivity index (χ0n) is 6.41. The van der Waals surface area contributed by atoms with E-state index in [4.69, 9.17) is 10.0 Å². The summed E-state index contributed by atoms with van der Waals surface area (Å²) >= 11 is 0. The number of benzene rings is 1. The van der Waals surface area contributed by atoms with E-state index in [2.05, 4.69) is 10.9 Å². The Morgan fingerprint density at radius 2 is 2.17 bits per heavy atom. The Kier molecular flexibility index (Phi) is 1.76. The summed E-state index contributed by atoms with van der Waals surface area (Å²) in [6.07, 6.45) is 0. The summed E-state index contributed by atoms with van der Waals surface area (Å²) in [5.74, 6) is 0.